The van der Waals surface area contributed by atoms with Gasteiger partial charge in [0.1, 0.15) is 11.1 Å². The van der Waals surface area contributed by atoms with E-state index in [9.17, 15) is 9.59 Å². The molecule has 1 N–H and O–H groups in total. The molecule has 3 aromatic rings. The second-order valence-corrected chi connectivity index (χ2v) is 6.15. The Bertz CT molecular complexity index is 1100. The summed E-state index contributed by atoms with van der Waals surface area (Å²) in [4.78, 5) is 24.8. The van der Waals surface area contributed by atoms with Crippen LogP contribution in [-0.2, 0) is 13.0 Å². The summed E-state index contributed by atoms with van der Waals surface area (Å²) in [7, 11) is 0. The highest BCUT2D eigenvalue weighted by Gasteiger charge is 2.16. The Morgan fingerprint density at radius 2 is 2.00 bits per heavy atom. The van der Waals surface area contributed by atoms with Gasteiger partial charge in [-0.15, -0.1) is 6.58 Å². The Balaban J connectivity index is 1.56. The fourth-order valence-electron chi connectivity index (χ4n) is 3.01. The molecular weight excluding hydrogens is 346 g/mol. The molecule has 0 saturated heterocycles. The molecule has 1 aliphatic heterocycles. The second kappa shape index (κ2) is 6.99. The maximum Gasteiger partial charge on any atom is 0.349 e. The molecule has 0 unspecified atom stereocenters. The number of nitrogens with one attached hydrogen (secondary N) is 1. The lowest BCUT2D eigenvalue weighted by atomic mass is 10.1. The third-order valence-corrected chi connectivity index (χ3v) is 4.34. The Morgan fingerprint density at radius 1 is 1.15 bits per heavy atom. The van der Waals surface area contributed by atoms with Gasteiger partial charge in [-0.05, 0) is 35.7 Å². The van der Waals surface area contributed by atoms with Crippen molar-refractivity contribution < 1.29 is 18.7 Å². The van der Waals surface area contributed by atoms with Gasteiger partial charge in [0.05, 0.1) is 0 Å². The maximum absolute atomic E-state index is 12.5. The smallest absolute Gasteiger partial charge is 0.349 e. The number of amides is 1. The number of para-hydroxylation sites is 1. The summed E-state index contributed by atoms with van der Waals surface area (Å²) in [6.07, 6.45) is 2.32. The normalized spacial score (nSPS) is 12.1. The van der Waals surface area contributed by atoms with Crippen LogP contribution in [0, 0.1) is 0 Å². The predicted molar refractivity (Wildman–Crippen MR) is 100 cm³/mol. The number of benzene rings is 2. The van der Waals surface area contributed by atoms with Crippen molar-refractivity contribution in [2.75, 3.05) is 6.79 Å². The number of carbonyl (C=O) groups excluding carboxylic acids is 1. The number of hydrogen-bond acceptors (Lipinski definition) is 5. The van der Waals surface area contributed by atoms with Crippen molar-refractivity contribution >= 4 is 16.9 Å². The van der Waals surface area contributed by atoms with Crippen molar-refractivity contribution in [1.29, 1.82) is 0 Å². The number of fused-ring (bicyclic) bond motifs is 2. The monoisotopic (exact) mass is 363 g/mol. The van der Waals surface area contributed by atoms with Gasteiger partial charge in [-0.2, -0.15) is 0 Å². The number of carbonyl (C=O) groups is 1. The van der Waals surface area contributed by atoms with Crippen molar-refractivity contribution in [1.82, 2.24) is 5.32 Å². The first-order chi connectivity index (χ1) is 13.2. The van der Waals surface area contributed by atoms with Crippen molar-refractivity contribution in [3.05, 3.63) is 82.2 Å². The number of rotatable bonds is 5. The van der Waals surface area contributed by atoms with Crippen molar-refractivity contribution in [2.24, 2.45) is 0 Å². The molecule has 0 saturated carbocycles. The van der Waals surface area contributed by atoms with Gasteiger partial charge in [0.15, 0.2) is 11.5 Å². The van der Waals surface area contributed by atoms with E-state index in [2.05, 4.69) is 11.9 Å². The molecule has 0 spiro atoms. The molecule has 27 heavy (non-hydrogen) atoms. The van der Waals surface area contributed by atoms with Crippen LogP contribution in [-0.4, -0.2) is 12.7 Å². The van der Waals surface area contributed by atoms with Gasteiger partial charge in [0.25, 0.3) is 5.91 Å². The summed E-state index contributed by atoms with van der Waals surface area (Å²) in [5.41, 5.74) is 1.48. The van der Waals surface area contributed by atoms with Crippen LogP contribution in [0.4, 0.5) is 0 Å². The summed E-state index contributed by atoms with van der Waals surface area (Å²) in [5.74, 6) is 0.828. The molecular formula is C21H17NO5. The second-order valence-electron chi connectivity index (χ2n) is 6.15. The highest BCUT2D eigenvalue weighted by molar-refractivity contribution is 5.97. The number of hydrogen-bond donors (Lipinski definition) is 1. The van der Waals surface area contributed by atoms with Gasteiger partial charge in [-0.25, -0.2) is 4.79 Å². The minimum absolute atomic E-state index is 0.0287. The van der Waals surface area contributed by atoms with Crippen LogP contribution in [0.1, 0.15) is 21.5 Å². The first-order valence-corrected chi connectivity index (χ1v) is 8.49. The van der Waals surface area contributed by atoms with Crippen LogP contribution in [0.5, 0.6) is 11.5 Å². The minimum atomic E-state index is -0.665. The summed E-state index contributed by atoms with van der Waals surface area (Å²) in [5, 5.41) is 3.44. The van der Waals surface area contributed by atoms with Gasteiger partial charge < -0.3 is 19.2 Å². The lowest BCUT2D eigenvalue weighted by Crippen LogP contribution is -2.27. The Labute approximate surface area is 155 Å². The molecule has 2 aromatic carbocycles. The Morgan fingerprint density at radius 3 is 2.85 bits per heavy atom. The quantitative estimate of drug-likeness (QED) is 0.556. The van der Waals surface area contributed by atoms with E-state index in [1.54, 1.807) is 30.3 Å². The zero-order chi connectivity index (χ0) is 18.8. The van der Waals surface area contributed by atoms with Gasteiger partial charge in [-0.3, -0.25) is 4.79 Å². The molecule has 6 nitrogen and oxygen atoms in total. The third kappa shape index (κ3) is 3.29. The molecule has 1 amide bonds. The van der Waals surface area contributed by atoms with Crippen LogP contribution >= 0.6 is 0 Å². The topological polar surface area (TPSA) is 77.8 Å². The first-order valence-electron chi connectivity index (χ1n) is 8.49. The van der Waals surface area contributed by atoms with Crippen molar-refractivity contribution in [2.45, 2.75) is 13.0 Å². The van der Waals surface area contributed by atoms with Crippen LogP contribution in [0.25, 0.3) is 11.0 Å². The molecule has 1 aliphatic rings. The fraction of sp³-hybridized carbons (Fsp3) is 0.143. The molecule has 0 fully saturated rings. The third-order valence-electron chi connectivity index (χ3n) is 4.34. The Hall–Kier alpha value is -3.54. The average molecular weight is 363 g/mol. The van der Waals surface area contributed by atoms with Crippen LogP contribution in [0.3, 0.4) is 0 Å². The molecule has 0 radical (unpaired) electrons. The first kappa shape index (κ1) is 16.9. The summed E-state index contributed by atoms with van der Waals surface area (Å²) in [6, 6.07) is 12.5. The fourth-order valence-corrected chi connectivity index (χ4v) is 3.01. The van der Waals surface area contributed by atoms with Crippen LogP contribution in [0.15, 0.2) is 64.3 Å². The largest absolute Gasteiger partial charge is 0.454 e. The summed E-state index contributed by atoms with van der Waals surface area (Å²) < 4.78 is 16.0. The van der Waals surface area contributed by atoms with Crippen LogP contribution in [0.2, 0.25) is 0 Å². The molecule has 4 rings (SSSR count). The minimum Gasteiger partial charge on any atom is -0.454 e. The van der Waals surface area contributed by atoms with E-state index in [4.69, 9.17) is 13.9 Å². The van der Waals surface area contributed by atoms with E-state index in [0.29, 0.717) is 28.9 Å². The molecule has 6 heteroatoms. The van der Waals surface area contributed by atoms with Gasteiger partial charge >= 0.3 is 5.63 Å². The number of allylic oxidation sites excluding steroid dienone is 1. The molecule has 0 atom stereocenters. The van der Waals surface area contributed by atoms with E-state index >= 15 is 0 Å². The lowest BCUT2D eigenvalue weighted by Gasteiger charge is -2.07. The van der Waals surface area contributed by atoms with Crippen LogP contribution < -0.4 is 20.4 Å². The summed E-state index contributed by atoms with van der Waals surface area (Å²) in [6.45, 7) is 4.15. The zero-order valence-corrected chi connectivity index (χ0v) is 14.5. The average Bonchev–Trinajstić information content (AvgIpc) is 3.14. The van der Waals surface area contributed by atoms with E-state index in [1.165, 1.54) is 0 Å². The molecule has 2 heterocycles. The molecule has 136 valence electrons. The van der Waals surface area contributed by atoms with E-state index in [-0.39, 0.29) is 18.9 Å². The van der Waals surface area contributed by atoms with E-state index in [1.807, 2.05) is 18.2 Å². The standard InChI is InChI=1S/C21H17NO5/c1-2-4-14-5-3-6-15-10-16(21(24)27-19(14)15)20(23)22-11-13-7-8-17-18(9-13)26-12-25-17/h2-3,5-10H,1,4,11-12H2,(H,22,23). The van der Waals surface area contributed by atoms with Gasteiger partial charge in [0.2, 0.25) is 6.79 Å². The highest BCUT2D eigenvalue weighted by atomic mass is 16.7. The van der Waals surface area contributed by atoms with Gasteiger partial charge in [0, 0.05) is 11.9 Å². The van der Waals surface area contributed by atoms with Gasteiger partial charge in [-0.1, -0.05) is 30.3 Å². The lowest BCUT2D eigenvalue weighted by molar-refractivity contribution is 0.0947. The maximum atomic E-state index is 12.5. The van der Waals surface area contributed by atoms with E-state index < -0.39 is 11.5 Å². The zero-order valence-electron chi connectivity index (χ0n) is 14.5. The Kier molecular flexibility index (Phi) is 4.38. The predicted octanol–water partition coefficient (Wildman–Crippen LogP) is 3.18. The molecule has 0 aliphatic carbocycles. The highest BCUT2D eigenvalue weighted by Crippen LogP contribution is 2.32. The SMILES string of the molecule is C=CCc1cccc2cc(C(=O)NCc3ccc4c(c3)OCO4)c(=O)oc12. The molecule has 1 aromatic heterocycles. The molecule has 0 bridgehead atoms. The number of ether oxygens (including phenoxy) is 2. The summed E-state index contributed by atoms with van der Waals surface area (Å²) >= 11 is 0. The van der Waals surface area contributed by atoms with E-state index in [0.717, 1.165) is 11.1 Å². The van der Waals surface area contributed by atoms with Crippen molar-refractivity contribution in [3.8, 4) is 11.5 Å². The van der Waals surface area contributed by atoms with Crippen molar-refractivity contribution in [3.63, 3.8) is 0 Å².